The first-order chi connectivity index (χ1) is 8.63. The molecule has 2 heteroatoms. The van der Waals surface area contributed by atoms with Gasteiger partial charge in [-0.3, -0.25) is 0 Å². The molecule has 1 N–H and O–H groups in total. The summed E-state index contributed by atoms with van der Waals surface area (Å²) in [6, 6.07) is 0.642. The minimum absolute atomic E-state index is 0.413. The highest BCUT2D eigenvalue weighted by molar-refractivity contribution is 4.92. The second-order valence-corrected chi connectivity index (χ2v) is 6.62. The summed E-state index contributed by atoms with van der Waals surface area (Å²) < 4.78 is 6.02. The number of hydrogen-bond donors (Lipinski definition) is 1. The van der Waals surface area contributed by atoms with E-state index in [0.717, 1.165) is 5.92 Å². The van der Waals surface area contributed by atoms with Crippen LogP contribution in [0.15, 0.2) is 0 Å². The highest BCUT2D eigenvalue weighted by atomic mass is 16.5. The van der Waals surface area contributed by atoms with Crippen molar-refractivity contribution in [2.24, 2.45) is 17.8 Å². The molecule has 1 aliphatic carbocycles. The molecule has 0 amide bonds. The first-order valence-corrected chi connectivity index (χ1v) is 7.96. The zero-order valence-electron chi connectivity index (χ0n) is 12.6. The Kier molecular flexibility index (Phi) is 5.08. The monoisotopic (exact) mass is 253 g/mol. The molecule has 0 aromatic carbocycles. The highest BCUT2D eigenvalue weighted by Crippen LogP contribution is 2.38. The summed E-state index contributed by atoms with van der Waals surface area (Å²) >= 11 is 0. The summed E-state index contributed by atoms with van der Waals surface area (Å²) in [5, 5.41) is 3.59. The quantitative estimate of drug-likeness (QED) is 0.826. The molecule has 1 saturated carbocycles. The van der Waals surface area contributed by atoms with Gasteiger partial charge in [0.25, 0.3) is 0 Å². The molecule has 2 nitrogen and oxygen atoms in total. The number of rotatable bonds is 4. The summed E-state index contributed by atoms with van der Waals surface area (Å²) in [6.07, 6.45) is 9.44. The van der Waals surface area contributed by atoms with Crippen LogP contribution in [0.2, 0.25) is 0 Å². The molecule has 5 unspecified atom stereocenters. The van der Waals surface area contributed by atoms with Crippen LogP contribution >= 0.6 is 0 Å². The lowest BCUT2D eigenvalue weighted by atomic mass is 9.76. The predicted octanol–water partition coefficient (Wildman–Crippen LogP) is 3.60. The van der Waals surface area contributed by atoms with Crippen molar-refractivity contribution in [3.05, 3.63) is 0 Å². The summed E-state index contributed by atoms with van der Waals surface area (Å²) in [4.78, 5) is 0. The number of ether oxygens (including phenoxy) is 1. The molecule has 0 aromatic rings. The van der Waals surface area contributed by atoms with Crippen LogP contribution in [0.25, 0.3) is 0 Å². The normalized spacial score (nSPS) is 40.0. The van der Waals surface area contributed by atoms with Crippen LogP contribution in [-0.4, -0.2) is 25.3 Å². The Morgan fingerprint density at radius 2 is 1.72 bits per heavy atom. The van der Waals surface area contributed by atoms with E-state index in [1.807, 2.05) is 0 Å². The molecule has 1 aliphatic heterocycles. The molecule has 2 fully saturated rings. The van der Waals surface area contributed by atoms with Gasteiger partial charge in [0.15, 0.2) is 0 Å². The van der Waals surface area contributed by atoms with Gasteiger partial charge in [0.1, 0.15) is 0 Å². The number of hydrogen-bond acceptors (Lipinski definition) is 2. The van der Waals surface area contributed by atoms with Gasteiger partial charge < -0.3 is 10.1 Å². The molecule has 1 saturated heterocycles. The molecular formula is C16H31NO. The molecular weight excluding hydrogens is 222 g/mol. The third-order valence-electron chi connectivity index (χ3n) is 5.47. The summed E-state index contributed by atoms with van der Waals surface area (Å²) in [7, 11) is 2.13. The lowest BCUT2D eigenvalue weighted by molar-refractivity contribution is 0.0464. The highest BCUT2D eigenvalue weighted by Gasteiger charge is 2.41. The van der Waals surface area contributed by atoms with E-state index in [-0.39, 0.29) is 0 Å². The van der Waals surface area contributed by atoms with Crippen molar-refractivity contribution in [2.45, 2.75) is 77.5 Å². The fraction of sp³-hybridized carbons (Fsp3) is 1.00. The Hall–Kier alpha value is -0.0800. The standard InChI is InChI=1S/C16H31NO/c1-11-12(2)18-13(3)16(11)15(17-4)10-14-8-6-5-7-9-14/h11-17H,5-10H2,1-4H3. The second-order valence-electron chi connectivity index (χ2n) is 6.62. The lowest BCUT2D eigenvalue weighted by Crippen LogP contribution is -2.41. The Morgan fingerprint density at radius 3 is 2.22 bits per heavy atom. The summed E-state index contributed by atoms with van der Waals surface area (Å²) in [5.74, 6) is 2.32. The van der Waals surface area contributed by atoms with E-state index >= 15 is 0 Å². The first kappa shape index (κ1) is 14.3. The van der Waals surface area contributed by atoms with Gasteiger partial charge in [-0.05, 0) is 39.2 Å². The SMILES string of the molecule is CNC(CC1CCCCC1)C1C(C)OC(C)C1C. The maximum atomic E-state index is 6.02. The minimum Gasteiger partial charge on any atom is -0.375 e. The van der Waals surface area contributed by atoms with Crippen molar-refractivity contribution < 1.29 is 4.74 Å². The van der Waals surface area contributed by atoms with Crippen molar-refractivity contribution in [1.82, 2.24) is 5.32 Å². The van der Waals surface area contributed by atoms with Crippen molar-refractivity contribution >= 4 is 0 Å². The van der Waals surface area contributed by atoms with Crippen LogP contribution in [0, 0.1) is 17.8 Å². The average molecular weight is 253 g/mol. The first-order valence-electron chi connectivity index (χ1n) is 7.96. The molecule has 2 rings (SSSR count). The van der Waals surface area contributed by atoms with Crippen molar-refractivity contribution in [1.29, 1.82) is 0 Å². The average Bonchev–Trinajstić information content (AvgIpc) is 2.62. The molecule has 5 atom stereocenters. The molecule has 106 valence electrons. The molecule has 0 aromatic heterocycles. The van der Waals surface area contributed by atoms with Crippen LogP contribution in [-0.2, 0) is 4.74 Å². The second kappa shape index (κ2) is 6.38. The maximum Gasteiger partial charge on any atom is 0.0597 e. The van der Waals surface area contributed by atoms with Gasteiger partial charge in [0.05, 0.1) is 12.2 Å². The molecule has 0 spiro atoms. The van der Waals surface area contributed by atoms with Crippen LogP contribution in [0.3, 0.4) is 0 Å². The summed E-state index contributed by atoms with van der Waals surface area (Å²) in [6.45, 7) is 6.86. The van der Waals surface area contributed by atoms with Gasteiger partial charge >= 0.3 is 0 Å². The van der Waals surface area contributed by atoms with Crippen molar-refractivity contribution in [3.63, 3.8) is 0 Å². The van der Waals surface area contributed by atoms with Crippen LogP contribution in [0.4, 0.5) is 0 Å². The van der Waals surface area contributed by atoms with Gasteiger partial charge in [-0.15, -0.1) is 0 Å². The smallest absolute Gasteiger partial charge is 0.0597 e. The molecule has 0 radical (unpaired) electrons. The van der Waals surface area contributed by atoms with Gasteiger partial charge in [0, 0.05) is 12.0 Å². The fourth-order valence-corrected chi connectivity index (χ4v) is 4.24. The summed E-state index contributed by atoms with van der Waals surface area (Å²) in [5.41, 5.74) is 0. The van der Waals surface area contributed by atoms with Crippen LogP contribution in [0.5, 0.6) is 0 Å². The Labute approximate surface area is 113 Å². The predicted molar refractivity (Wildman–Crippen MR) is 76.7 cm³/mol. The van der Waals surface area contributed by atoms with E-state index in [1.54, 1.807) is 0 Å². The third-order valence-corrected chi connectivity index (χ3v) is 5.47. The van der Waals surface area contributed by atoms with Gasteiger partial charge in [-0.2, -0.15) is 0 Å². The minimum atomic E-state index is 0.413. The Balaban J connectivity index is 1.94. The van der Waals surface area contributed by atoms with Gasteiger partial charge in [-0.25, -0.2) is 0 Å². The molecule has 1 heterocycles. The van der Waals surface area contributed by atoms with Gasteiger partial charge in [0.2, 0.25) is 0 Å². The van der Waals surface area contributed by atoms with Crippen LogP contribution < -0.4 is 5.32 Å². The van der Waals surface area contributed by atoms with E-state index in [9.17, 15) is 0 Å². The van der Waals surface area contributed by atoms with E-state index in [4.69, 9.17) is 4.74 Å². The van der Waals surface area contributed by atoms with Crippen molar-refractivity contribution in [2.75, 3.05) is 7.05 Å². The fourth-order valence-electron chi connectivity index (χ4n) is 4.24. The Bertz CT molecular complexity index is 249. The third kappa shape index (κ3) is 3.08. The number of nitrogens with one attached hydrogen (secondary N) is 1. The lowest BCUT2D eigenvalue weighted by Gasteiger charge is -2.33. The molecule has 0 bridgehead atoms. The largest absolute Gasteiger partial charge is 0.375 e. The van der Waals surface area contributed by atoms with E-state index < -0.39 is 0 Å². The van der Waals surface area contributed by atoms with E-state index in [2.05, 4.69) is 33.1 Å². The van der Waals surface area contributed by atoms with E-state index in [0.29, 0.717) is 30.1 Å². The van der Waals surface area contributed by atoms with Crippen molar-refractivity contribution in [3.8, 4) is 0 Å². The maximum absolute atomic E-state index is 6.02. The topological polar surface area (TPSA) is 21.3 Å². The molecule has 2 aliphatic rings. The van der Waals surface area contributed by atoms with Gasteiger partial charge in [-0.1, -0.05) is 39.0 Å². The Morgan fingerprint density at radius 1 is 1.06 bits per heavy atom. The van der Waals surface area contributed by atoms with Crippen LogP contribution in [0.1, 0.15) is 59.3 Å². The van der Waals surface area contributed by atoms with E-state index in [1.165, 1.54) is 38.5 Å². The molecule has 18 heavy (non-hydrogen) atoms. The zero-order chi connectivity index (χ0) is 13.1. The zero-order valence-corrected chi connectivity index (χ0v) is 12.6.